The quantitative estimate of drug-likeness (QED) is 0.553. The van der Waals surface area contributed by atoms with Crippen molar-refractivity contribution in [1.29, 1.82) is 0 Å². The van der Waals surface area contributed by atoms with Gasteiger partial charge in [0.25, 0.3) is 5.91 Å². The van der Waals surface area contributed by atoms with E-state index in [1.807, 2.05) is 13.8 Å². The molecule has 0 aliphatic rings. The van der Waals surface area contributed by atoms with Gasteiger partial charge in [0.15, 0.2) is 16.4 Å². The number of hydrogen-bond acceptors (Lipinski definition) is 5. The summed E-state index contributed by atoms with van der Waals surface area (Å²) in [6, 6.07) is 4.23. The molecule has 0 spiro atoms. The average Bonchev–Trinajstić information content (AvgIpc) is 2.48. The molecule has 0 heterocycles. The minimum atomic E-state index is -3.43. The Morgan fingerprint density at radius 1 is 1.29 bits per heavy atom. The highest BCUT2D eigenvalue weighted by Gasteiger charge is 2.18. The monoisotopic (exact) mass is 353 g/mol. The standard InChI is InChI=1S/C17H23NO5S/c1-6-18(10-12(2)3)16(19)11-23-17(20)15-9-14(24(5,21)22)8-7-13(15)4/h7-9H,2,6,10-11H2,1,3-5H3. The molecule has 0 aliphatic heterocycles. The molecule has 0 unspecified atom stereocenters. The summed E-state index contributed by atoms with van der Waals surface area (Å²) in [7, 11) is -3.43. The zero-order valence-electron chi connectivity index (χ0n) is 14.5. The molecular weight excluding hydrogens is 330 g/mol. The van der Waals surface area contributed by atoms with Crippen LogP contribution in [0.1, 0.15) is 29.8 Å². The summed E-state index contributed by atoms with van der Waals surface area (Å²) in [4.78, 5) is 25.8. The van der Waals surface area contributed by atoms with Crippen LogP contribution in [-0.4, -0.2) is 51.1 Å². The maximum Gasteiger partial charge on any atom is 0.338 e. The molecule has 0 aliphatic carbocycles. The number of carbonyl (C=O) groups excluding carboxylic acids is 2. The van der Waals surface area contributed by atoms with Crippen LogP contribution in [-0.2, 0) is 19.4 Å². The smallest absolute Gasteiger partial charge is 0.338 e. The third kappa shape index (κ3) is 5.49. The van der Waals surface area contributed by atoms with E-state index >= 15 is 0 Å². The lowest BCUT2D eigenvalue weighted by atomic mass is 10.1. The van der Waals surface area contributed by atoms with Crippen molar-refractivity contribution in [3.8, 4) is 0 Å². The van der Waals surface area contributed by atoms with Gasteiger partial charge in [0.1, 0.15) is 0 Å². The van der Waals surface area contributed by atoms with Gasteiger partial charge in [-0.25, -0.2) is 13.2 Å². The van der Waals surface area contributed by atoms with Crippen LogP contribution >= 0.6 is 0 Å². The number of hydrogen-bond donors (Lipinski definition) is 0. The van der Waals surface area contributed by atoms with E-state index in [0.717, 1.165) is 11.8 Å². The van der Waals surface area contributed by atoms with Gasteiger partial charge >= 0.3 is 5.97 Å². The van der Waals surface area contributed by atoms with Crippen molar-refractivity contribution in [1.82, 2.24) is 4.90 Å². The van der Waals surface area contributed by atoms with Crippen molar-refractivity contribution in [3.63, 3.8) is 0 Å². The molecule has 0 atom stereocenters. The largest absolute Gasteiger partial charge is 0.452 e. The third-order valence-corrected chi connectivity index (χ3v) is 4.49. The molecule has 0 radical (unpaired) electrons. The van der Waals surface area contributed by atoms with Crippen LogP contribution < -0.4 is 0 Å². The van der Waals surface area contributed by atoms with Gasteiger partial charge in [0.2, 0.25) is 0 Å². The first kappa shape index (κ1) is 19.9. The molecule has 1 aromatic rings. The van der Waals surface area contributed by atoms with Crippen molar-refractivity contribution in [3.05, 3.63) is 41.5 Å². The molecule has 0 bridgehead atoms. The SMILES string of the molecule is C=C(C)CN(CC)C(=O)COC(=O)c1cc(S(C)(=O)=O)ccc1C. The topological polar surface area (TPSA) is 80.8 Å². The van der Waals surface area contributed by atoms with Crippen molar-refractivity contribution in [2.45, 2.75) is 25.7 Å². The van der Waals surface area contributed by atoms with Crippen molar-refractivity contribution < 1.29 is 22.7 Å². The summed E-state index contributed by atoms with van der Waals surface area (Å²) in [5.74, 6) is -1.05. The van der Waals surface area contributed by atoms with E-state index in [-0.39, 0.29) is 16.4 Å². The molecule has 0 aromatic heterocycles. The van der Waals surface area contributed by atoms with Crippen molar-refractivity contribution >= 4 is 21.7 Å². The molecule has 1 aromatic carbocycles. The zero-order valence-corrected chi connectivity index (χ0v) is 15.3. The molecule has 1 rings (SSSR count). The van der Waals surface area contributed by atoms with Crippen LogP contribution in [0.4, 0.5) is 0 Å². The summed E-state index contributed by atoms with van der Waals surface area (Å²) in [6.45, 7) is 9.53. The summed E-state index contributed by atoms with van der Waals surface area (Å²) in [5, 5.41) is 0. The lowest BCUT2D eigenvalue weighted by Gasteiger charge is -2.20. The number of esters is 1. The molecular formula is C17H23NO5S. The van der Waals surface area contributed by atoms with Crippen LogP contribution in [0.2, 0.25) is 0 Å². The van der Waals surface area contributed by atoms with Gasteiger partial charge in [0.05, 0.1) is 10.5 Å². The van der Waals surface area contributed by atoms with Gasteiger partial charge in [-0.05, 0) is 38.5 Å². The molecule has 0 N–H and O–H groups in total. The van der Waals surface area contributed by atoms with Gasteiger partial charge in [-0.2, -0.15) is 0 Å². The van der Waals surface area contributed by atoms with E-state index in [4.69, 9.17) is 4.74 Å². The predicted molar refractivity (Wildman–Crippen MR) is 91.6 cm³/mol. The highest BCUT2D eigenvalue weighted by Crippen LogP contribution is 2.16. The Bertz CT molecular complexity index is 752. The maximum atomic E-state index is 12.2. The van der Waals surface area contributed by atoms with Gasteiger partial charge in [-0.15, -0.1) is 0 Å². The normalized spacial score (nSPS) is 11.0. The third-order valence-electron chi connectivity index (χ3n) is 3.38. The second kappa shape index (κ2) is 8.10. The first-order valence-corrected chi connectivity index (χ1v) is 9.35. The first-order valence-electron chi connectivity index (χ1n) is 7.46. The lowest BCUT2D eigenvalue weighted by Crippen LogP contribution is -2.35. The van der Waals surface area contributed by atoms with Crippen molar-refractivity contribution in [2.75, 3.05) is 26.0 Å². The number of rotatable bonds is 7. The Kier molecular flexibility index (Phi) is 6.71. The fraction of sp³-hybridized carbons (Fsp3) is 0.412. The fourth-order valence-corrected chi connectivity index (χ4v) is 2.70. The van der Waals surface area contributed by atoms with E-state index in [0.29, 0.717) is 18.7 Å². The summed E-state index contributed by atoms with van der Waals surface area (Å²) < 4.78 is 28.2. The zero-order chi connectivity index (χ0) is 18.5. The van der Waals surface area contributed by atoms with Gasteiger partial charge in [-0.3, -0.25) is 4.79 Å². The molecule has 6 nitrogen and oxygen atoms in total. The molecule has 132 valence electrons. The Balaban J connectivity index is 2.85. The number of carbonyl (C=O) groups is 2. The van der Waals surface area contributed by atoms with E-state index in [1.54, 1.807) is 6.92 Å². The fourth-order valence-electron chi connectivity index (χ4n) is 2.05. The van der Waals surface area contributed by atoms with Crippen molar-refractivity contribution in [2.24, 2.45) is 0 Å². The van der Waals surface area contributed by atoms with Crippen LogP contribution in [0.15, 0.2) is 35.2 Å². The molecule has 1 amide bonds. The molecule has 24 heavy (non-hydrogen) atoms. The number of amides is 1. The number of likely N-dealkylation sites (N-methyl/N-ethyl adjacent to an activating group) is 1. The molecule has 0 fully saturated rings. The number of benzene rings is 1. The Hall–Kier alpha value is -2.15. The van der Waals surface area contributed by atoms with E-state index < -0.39 is 22.4 Å². The van der Waals surface area contributed by atoms with Gasteiger partial charge < -0.3 is 9.64 Å². The highest BCUT2D eigenvalue weighted by molar-refractivity contribution is 7.90. The van der Waals surface area contributed by atoms with Gasteiger partial charge in [0, 0.05) is 19.3 Å². The average molecular weight is 353 g/mol. The van der Waals surface area contributed by atoms with Crippen LogP contribution in [0.25, 0.3) is 0 Å². The number of aryl methyl sites for hydroxylation is 1. The highest BCUT2D eigenvalue weighted by atomic mass is 32.2. The Labute approximate surface area is 143 Å². The second-order valence-electron chi connectivity index (χ2n) is 5.69. The van der Waals surface area contributed by atoms with E-state index in [9.17, 15) is 18.0 Å². The van der Waals surface area contributed by atoms with Crippen LogP contribution in [0, 0.1) is 6.92 Å². The van der Waals surface area contributed by atoms with E-state index in [2.05, 4.69) is 6.58 Å². The minimum Gasteiger partial charge on any atom is -0.452 e. The Morgan fingerprint density at radius 2 is 1.92 bits per heavy atom. The summed E-state index contributed by atoms with van der Waals surface area (Å²) in [5.41, 5.74) is 1.54. The number of sulfone groups is 1. The molecule has 0 saturated carbocycles. The number of ether oxygens (including phenoxy) is 1. The summed E-state index contributed by atoms with van der Waals surface area (Å²) >= 11 is 0. The Morgan fingerprint density at radius 3 is 2.42 bits per heavy atom. The van der Waals surface area contributed by atoms with Gasteiger partial charge in [-0.1, -0.05) is 18.2 Å². The molecule has 0 saturated heterocycles. The summed E-state index contributed by atoms with van der Waals surface area (Å²) in [6.07, 6.45) is 1.06. The molecule has 7 heteroatoms. The predicted octanol–water partition coefficient (Wildman–Crippen LogP) is 1.98. The van der Waals surface area contributed by atoms with E-state index in [1.165, 1.54) is 23.1 Å². The maximum absolute atomic E-state index is 12.2. The lowest BCUT2D eigenvalue weighted by molar-refractivity contribution is -0.133. The van der Waals surface area contributed by atoms with Crippen LogP contribution in [0.5, 0.6) is 0 Å². The second-order valence-corrected chi connectivity index (χ2v) is 7.71. The minimum absolute atomic E-state index is 0.0313. The number of nitrogens with zero attached hydrogens (tertiary/aromatic N) is 1. The van der Waals surface area contributed by atoms with Crippen LogP contribution in [0.3, 0.4) is 0 Å². The first-order chi connectivity index (χ1) is 11.1.